The Kier molecular flexibility index (Phi) is 5.64. The zero-order valence-corrected chi connectivity index (χ0v) is 14.4. The molecule has 0 saturated carbocycles. The zero-order chi connectivity index (χ0) is 14.7. The van der Waals surface area contributed by atoms with Gasteiger partial charge in [-0.15, -0.1) is 22.7 Å². The highest BCUT2D eigenvalue weighted by Crippen LogP contribution is 2.31. The maximum Gasteiger partial charge on any atom is 0.179 e. The van der Waals surface area contributed by atoms with E-state index in [4.69, 9.17) is 23.2 Å². The van der Waals surface area contributed by atoms with Crippen molar-refractivity contribution >= 4 is 51.7 Å². The van der Waals surface area contributed by atoms with Gasteiger partial charge in [-0.3, -0.25) is 9.69 Å². The molecular formula is C14H15Cl2NOS2. The number of Topliss-reactive ketones (excluding diaryl/α,β-unsaturated/α-hetero) is 1. The number of carbonyl (C=O) groups is 1. The highest BCUT2D eigenvalue weighted by Gasteiger charge is 2.19. The molecular weight excluding hydrogens is 333 g/mol. The molecule has 0 saturated heterocycles. The largest absolute Gasteiger partial charge is 0.293 e. The van der Waals surface area contributed by atoms with Gasteiger partial charge in [0.2, 0.25) is 0 Å². The molecule has 0 aliphatic carbocycles. The molecule has 0 aliphatic rings. The van der Waals surface area contributed by atoms with Crippen LogP contribution in [0.5, 0.6) is 0 Å². The van der Waals surface area contributed by atoms with E-state index in [1.165, 1.54) is 16.2 Å². The molecule has 2 heterocycles. The summed E-state index contributed by atoms with van der Waals surface area (Å²) in [5.74, 6) is 0.0170. The van der Waals surface area contributed by atoms with E-state index < -0.39 is 0 Å². The Balaban J connectivity index is 2.08. The van der Waals surface area contributed by atoms with Gasteiger partial charge in [-0.2, -0.15) is 0 Å². The topological polar surface area (TPSA) is 20.3 Å². The maximum atomic E-state index is 12.3. The monoisotopic (exact) mass is 347 g/mol. The lowest BCUT2D eigenvalue weighted by molar-refractivity contribution is 0.0900. The third-order valence-electron chi connectivity index (χ3n) is 2.97. The summed E-state index contributed by atoms with van der Waals surface area (Å²) in [6, 6.07) is 6.05. The highest BCUT2D eigenvalue weighted by molar-refractivity contribution is 7.20. The van der Waals surface area contributed by atoms with Crippen molar-refractivity contribution in [1.82, 2.24) is 4.90 Å². The van der Waals surface area contributed by atoms with E-state index in [0.29, 0.717) is 20.8 Å². The second-order valence-corrected chi connectivity index (χ2v) is 8.06. The highest BCUT2D eigenvalue weighted by atomic mass is 35.5. The summed E-state index contributed by atoms with van der Waals surface area (Å²) in [6.07, 6.45) is 0. The molecule has 2 aromatic heterocycles. The smallest absolute Gasteiger partial charge is 0.179 e. The van der Waals surface area contributed by atoms with Crippen LogP contribution in [0.2, 0.25) is 8.67 Å². The van der Waals surface area contributed by atoms with Crippen molar-refractivity contribution in [3.63, 3.8) is 0 Å². The molecule has 2 nitrogen and oxygen atoms in total. The lowest BCUT2D eigenvalue weighted by Crippen LogP contribution is -2.34. The molecule has 0 atom stereocenters. The van der Waals surface area contributed by atoms with Crippen LogP contribution in [0.25, 0.3) is 0 Å². The van der Waals surface area contributed by atoms with Crippen molar-refractivity contribution in [2.45, 2.75) is 26.4 Å². The Morgan fingerprint density at radius 3 is 2.65 bits per heavy atom. The van der Waals surface area contributed by atoms with Gasteiger partial charge in [0.15, 0.2) is 5.78 Å². The summed E-state index contributed by atoms with van der Waals surface area (Å²) in [5.41, 5.74) is 0.526. The predicted octanol–water partition coefficient (Wildman–Crippen LogP) is 5.21. The van der Waals surface area contributed by atoms with Gasteiger partial charge in [0, 0.05) is 17.5 Å². The quantitative estimate of drug-likeness (QED) is 0.668. The molecule has 0 fully saturated rings. The van der Waals surface area contributed by atoms with Crippen molar-refractivity contribution < 1.29 is 4.79 Å². The Hall–Kier alpha value is -0.390. The van der Waals surface area contributed by atoms with Crippen LogP contribution in [0, 0.1) is 0 Å². The standard InChI is InChI=1S/C14H15Cl2NOS2/c1-9(2)17(7-10-4-3-5-19-10)8-12(18)11-6-13(15)20-14(11)16/h3-6,9H,7-8H2,1-2H3. The van der Waals surface area contributed by atoms with Crippen molar-refractivity contribution in [1.29, 1.82) is 0 Å². The molecule has 0 amide bonds. The minimum atomic E-state index is 0.0170. The van der Waals surface area contributed by atoms with Crippen molar-refractivity contribution in [3.05, 3.63) is 42.7 Å². The van der Waals surface area contributed by atoms with E-state index in [1.807, 2.05) is 11.4 Å². The number of ketones is 1. The van der Waals surface area contributed by atoms with Crippen LogP contribution in [0.3, 0.4) is 0 Å². The van der Waals surface area contributed by atoms with Gasteiger partial charge in [0.25, 0.3) is 0 Å². The zero-order valence-electron chi connectivity index (χ0n) is 11.2. The summed E-state index contributed by atoms with van der Waals surface area (Å²) < 4.78 is 1.02. The SMILES string of the molecule is CC(C)N(CC(=O)c1cc(Cl)sc1Cl)Cc1cccs1. The predicted molar refractivity (Wildman–Crippen MR) is 88.5 cm³/mol. The average Bonchev–Trinajstić information content (AvgIpc) is 2.97. The van der Waals surface area contributed by atoms with Gasteiger partial charge >= 0.3 is 0 Å². The normalized spacial score (nSPS) is 11.5. The molecule has 0 N–H and O–H groups in total. The Morgan fingerprint density at radius 2 is 2.15 bits per heavy atom. The first-order chi connectivity index (χ1) is 9.47. The van der Waals surface area contributed by atoms with Crippen molar-refractivity contribution in [2.75, 3.05) is 6.54 Å². The number of carbonyl (C=O) groups excluding carboxylic acids is 1. The molecule has 0 spiro atoms. The molecule has 6 heteroatoms. The number of hydrogen-bond acceptors (Lipinski definition) is 4. The van der Waals surface area contributed by atoms with E-state index in [0.717, 1.165) is 6.54 Å². The first-order valence-corrected chi connectivity index (χ1v) is 8.67. The summed E-state index contributed by atoms with van der Waals surface area (Å²) in [6.45, 7) is 5.30. The van der Waals surface area contributed by atoms with Crippen LogP contribution in [-0.4, -0.2) is 23.3 Å². The van der Waals surface area contributed by atoms with Crippen LogP contribution < -0.4 is 0 Å². The molecule has 2 rings (SSSR count). The van der Waals surface area contributed by atoms with Crippen LogP contribution in [0.4, 0.5) is 0 Å². The number of nitrogens with zero attached hydrogens (tertiary/aromatic N) is 1. The Labute approximate surface area is 136 Å². The molecule has 2 aromatic rings. The van der Waals surface area contributed by atoms with E-state index in [-0.39, 0.29) is 11.8 Å². The van der Waals surface area contributed by atoms with E-state index in [9.17, 15) is 4.79 Å². The fraction of sp³-hybridized carbons (Fsp3) is 0.357. The van der Waals surface area contributed by atoms with Gasteiger partial charge in [-0.25, -0.2) is 0 Å². The Morgan fingerprint density at radius 1 is 1.40 bits per heavy atom. The fourth-order valence-electron chi connectivity index (χ4n) is 1.82. The number of rotatable bonds is 6. The summed E-state index contributed by atoms with van der Waals surface area (Å²) in [5, 5.41) is 2.05. The van der Waals surface area contributed by atoms with E-state index in [1.54, 1.807) is 17.4 Å². The van der Waals surface area contributed by atoms with Gasteiger partial charge in [0.05, 0.1) is 16.4 Å². The maximum absolute atomic E-state index is 12.3. The molecule has 0 bridgehead atoms. The summed E-state index contributed by atoms with van der Waals surface area (Å²) in [7, 11) is 0. The van der Waals surface area contributed by atoms with Gasteiger partial charge in [0.1, 0.15) is 4.34 Å². The first kappa shape index (κ1) is 16.0. The minimum Gasteiger partial charge on any atom is -0.293 e. The van der Waals surface area contributed by atoms with Gasteiger partial charge in [-0.05, 0) is 31.4 Å². The third kappa shape index (κ3) is 4.06. The molecule has 0 radical (unpaired) electrons. The van der Waals surface area contributed by atoms with Crippen molar-refractivity contribution in [2.24, 2.45) is 0 Å². The first-order valence-electron chi connectivity index (χ1n) is 6.22. The van der Waals surface area contributed by atoms with Crippen molar-refractivity contribution in [3.8, 4) is 0 Å². The fourth-order valence-corrected chi connectivity index (χ4v) is 4.05. The number of hydrogen-bond donors (Lipinski definition) is 0. The number of halogens is 2. The van der Waals surface area contributed by atoms with E-state index >= 15 is 0 Å². The van der Waals surface area contributed by atoms with E-state index in [2.05, 4.69) is 24.8 Å². The molecule has 0 aliphatic heterocycles. The lowest BCUT2D eigenvalue weighted by atomic mass is 10.2. The second-order valence-electron chi connectivity index (χ2n) is 4.74. The van der Waals surface area contributed by atoms with Crippen LogP contribution in [0.1, 0.15) is 29.1 Å². The van der Waals surface area contributed by atoms with Gasteiger partial charge < -0.3 is 0 Å². The number of thiophene rings is 2. The van der Waals surface area contributed by atoms with Crippen LogP contribution in [-0.2, 0) is 6.54 Å². The molecule has 108 valence electrons. The Bertz CT molecular complexity index is 578. The minimum absolute atomic E-state index is 0.0170. The molecule has 0 aromatic carbocycles. The molecule has 0 unspecified atom stereocenters. The third-order valence-corrected chi connectivity index (χ3v) is 5.32. The average molecular weight is 348 g/mol. The summed E-state index contributed by atoms with van der Waals surface area (Å²) >= 11 is 14.9. The molecule has 20 heavy (non-hydrogen) atoms. The van der Waals surface area contributed by atoms with Gasteiger partial charge in [-0.1, -0.05) is 29.3 Å². The second kappa shape index (κ2) is 7.05. The lowest BCUT2D eigenvalue weighted by Gasteiger charge is -2.25. The van der Waals surface area contributed by atoms with Crippen LogP contribution in [0.15, 0.2) is 23.6 Å². The summed E-state index contributed by atoms with van der Waals surface area (Å²) in [4.78, 5) is 15.7. The van der Waals surface area contributed by atoms with Crippen LogP contribution >= 0.6 is 45.9 Å².